The quantitative estimate of drug-likeness (QED) is 0.755. The largest absolute Gasteiger partial charge is 0.473 e. The van der Waals surface area contributed by atoms with E-state index < -0.39 is 0 Å². The van der Waals surface area contributed by atoms with Crippen molar-refractivity contribution in [3.8, 4) is 5.88 Å². The van der Waals surface area contributed by atoms with Crippen molar-refractivity contribution in [1.82, 2.24) is 35.5 Å². The van der Waals surface area contributed by atoms with Gasteiger partial charge in [0.2, 0.25) is 16.9 Å². The van der Waals surface area contributed by atoms with E-state index in [9.17, 15) is 4.79 Å². The first kappa shape index (κ1) is 16.6. The summed E-state index contributed by atoms with van der Waals surface area (Å²) in [6.45, 7) is 0. The molecule has 2 aromatic rings. The fraction of sp³-hybridized carbons (Fsp3) is 0.571. The van der Waals surface area contributed by atoms with Gasteiger partial charge >= 0.3 is 0 Å². The average Bonchev–Trinajstić information content (AvgIpc) is 3.01. The SMILES string of the molecule is Cn1nnnc1SCC(=O)NC1CCC(Oc2cnccn2)CC1. The summed E-state index contributed by atoms with van der Waals surface area (Å²) in [4.78, 5) is 20.1. The molecule has 2 heterocycles. The number of nitrogens with one attached hydrogen (secondary N) is 1. The molecule has 1 saturated carbocycles. The van der Waals surface area contributed by atoms with Crippen molar-refractivity contribution in [2.24, 2.45) is 7.05 Å². The highest BCUT2D eigenvalue weighted by Gasteiger charge is 2.24. The van der Waals surface area contributed by atoms with E-state index in [2.05, 4.69) is 30.8 Å². The van der Waals surface area contributed by atoms with E-state index in [1.807, 2.05) is 0 Å². The van der Waals surface area contributed by atoms with Gasteiger partial charge in [-0.25, -0.2) is 9.67 Å². The Balaban J connectivity index is 1.37. The Bertz CT molecular complexity index is 658. The number of nitrogens with zero attached hydrogens (tertiary/aromatic N) is 6. The average molecular weight is 349 g/mol. The molecule has 0 spiro atoms. The summed E-state index contributed by atoms with van der Waals surface area (Å²) in [6.07, 6.45) is 8.56. The topological polar surface area (TPSA) is 108 Å². The summed E-state index contributed by atoms with van der Waals surface area (Å²) in [7, 11) is 1.75. The summed E-state index contributed by atoms with van der Waals surface area (Å²) in [5.74, 6) is 0.865. The second kappa shape index (κ2) is 8.04. The third-order valence-electron chi connectivity index (χ3n) is 3.78. The van der Waals surface area contributed by atoms with Crippen LogP contribution in [0.15, 0.2) is 23.7 Å². The van der Waals surface area contributed by atoms with Gasteiger partial charge in [-0.05, 0) is 36.1 Å². The molecule has 10 heteroatoms. The van der Waals surface area contributed by atoms with Crippen molar-refractivity contribution >= 4 is 17.7 Å². The van der Waals surface area contributed by atoms with Crippen LogP contribution in [0.4, 0.5) is 0 Å². The van der Waals surface area contributed by atoms with Crippen molar-refractivity contribution in [3.63, 3.8) is 0 Å². The van der Waals surface area contributed by atoms with Gasteiger partial charge in [-0.3, -0.25) is 9.78 Å². The minimum absolute atomic E-state index is 0.00120. The van der Waals surface area contributed by atoms with Crippen LogP contribution >= 0.6 is 11.8 Å². The highest BCUT2D eigenvalue weighted by atomic mass is 32.2. The molecule has 9 nitrogen and oxygen atoms in total. The van der Waals surface area contributed by atoms with Crippen LogP contribution in [0.3, 0.4) is 0 Å². The van der Waals surface area contributed by atoms with Gasteiger partial charge in [-0.1, -0.05) is 11.8 Å². The fourth-order valence-corrected chi connectivity index (χ4v) is 3.25. The number of aryl methyl sites for hydroxylation is 1. The zero-order valence-corrected chi connectivity index (χ0v) is 14.1. The first-order valence-electron chi connectivity index (χ1n) is 7.78. The van der Waals surface area contributed by atoms with Gasteiger partial charge in [0.15, 0.2) is 0 Å². The predicted molar refractivity (Wildman–Crippen MR) is 86.4 cm³/mol. The minimum atomic E-state index is 0.00120. The second-order valence-electron chi connectivity index (χ2n) is 5.58. The summed E-state index contributed by atoms with van der Waals surface area (Å²) < 4.78 is 7.35. The maximum atomic E-state index is 12.0. The van der Waals surface area contributed by atoms with Crippen molar-refractivity contribution in [2.75, 3.05) is 5.75 Å². The Hall–Kier alpha value is -2.23. The Morgan fingerprint density at radius 3 is 2.88 bits per heavy atom. The molecule has 1 N–H and O–H groups in total. The zero-order chi connectivity index (χ0) is 16.8. The van der Waals surface area contributed by atoms with E-state index in [0.717, 1.165) is 25.7 Å². The number of carbonyl (C=O) groups excluding carboxylic acids is 1. The first-order chi connectivity index (χ1) is 11.7. The molecule has 0 aliphatic heterocycles. The number of amides is 1. The normalized spacial score (nSPS) is 20.5. The van der Waals surface area contributed by atoms with E-state index in [1.54, 1.807) is 30.3 Å². The molecule has 2 aromatic heterocycles. The standard InChI is InChI=1S/C14H19N7O2S/c1-21-14(18-19-20-21)24-9-12(22)17-10-2-4-11(5-3-10)23-13-8-15-6-7-16-13/h6-8,10-11H,2-5,9H2,1H3,(H,17,22). The third kappa shape index (κ3) is 4.63. The van der Waals surface area contributed by atoms with Gasteiger partial charge in [-0.15, -0.1) is 5.10 Å². The van der Waals surface area contributed by atoms with E-state index in [1.165, 1.54) is 11.8 Å². The lowest BCUT2D eigenvalue weighted by molar-refractivity contribution is -0.119. The molecule has 1 aliphatic carbocycles. The van der Waals surface area contributed by atoms with Gasteiger partial charge in [-0.2, -0.15) is 0 Å². The molecule has 24 heavy (non-hydrogen) atoms. The fourth-order valence-electron chi connectivity index (χ4n) is 2.59. The van der Waals surface area contributed by atoms with E-state index in [-0.39, 0.29) is 18.1 Å². The van der Waals surface area contributed by atoms with Gasteiger partial charge in [0.25, 0.3) is 0 Å². The molecule has 0 bridgehead atoms. The third-order valence-corrected chi connectivity index (χ3v) is 4.79. The van der Waals surface area contributed by atoms with Crippen LogP contribution in [-0.2, 0) is 11.8 Å². The molecule has 3 rings (SSSR count). The second-order valence-corrected chi connectivity index (χ2v) is 6.52. The highest BCUT2D eigenvalue weighted by molar-refractivity contribution is 7.99. The molecule has 1 aliphatic rings. The lowest BCUT2D eigenvalue weighted by Gasteiger charge is -2.29. The molecular weight excluding hydrogens is 330 g/mol. The monoisotopic (exact) mass is 349 g/mol. The smallest absolute Gasteiger partial charge is 0.232 e. The molecule has 0 aromatic carbocycles. The maximum absolute atomic E-state index is 12.0. The molecule has 0 radical (unpaired) electrons. The lowest BCUT2D eigenvalue weighted by atomic mass is 9.93. The lowest BCUT2D eigenvalue weighted by Crippen LogP contribution is -2.40. The van der Waals surface area contributed by atoms with Gasteiger partial charge < -0.3 is 10.1 Å². The number of hydrogen-bond donors (Lipinski definition) is 1. The Morgan fingerprint density at radius 1 is 1.38 bits per heavy atom. The van der Waals surface area contributed by atoms with Gasteiger partial charge in [0.1, 0.15) is 6.10 Å². The number of thioether (sulfide) groups is 1. The molecular formula is C14H19N7O2S. The van der Waals surface area contributed by atoms with Crippen molar-refractivity contribution in [2.45, 2.75) is 43.0 Å². The van der Waals surface area contributed by atoms with Crippen LogP contribution in [0.2, 0.25) is 0 Å². The first-order valence-corrected chi connectivity index (χ1v) is 8.76. The maximum Gasteiger partial charge on any atom is 0.232 e. The van der Waals surface area contributed by atoms with Crippen LogP contribution in [0.1, 0.15) is 25.7 Å². The number of rotatable bonds is 6. The molecule has 128 valence electrons. The molecule has 0 atom stereocenters. The number of ether oxygens (including phenoxy) is 1. The molecule has 1 fully saturated rings. The van der Waals surface area contributed by atoms with Crippen LogP contribution in [0.5, 0.6) is 5.88 Å². The Labute approximate surface area is 143 Å². The van der Waals surface area contributed by atoms with Crippen LogP contribution in [-0.4, -0.2) is 54.0 Å². The van der Waals surface area contributed by atoms with Gasteiger partial charge in [0.05, 0.1) is 11.9 Å². The van der Waals surface area contributed by atoms with Crippen molar-refractivity contribution < 1.29 is 9.53 Å². The Kier molecular flexibility index (Phi) is 5.57. The zero-order valence-electron chi connectivity index (χ0n) is 13.3. The van der Waals surface area contributed by atoms with Crippen LogP contribution in [0.25, 0.3) is 0 Å². The van der Waals surface area contributed by atoms with E-state index in [4.69, 9.17) is 4.74 Å². The molecule has 0 unspecified atom stereocenters. The van der Waals surface area contributed by atoms with Crippen molar-refractivity contribution in [3.05, 3.63) is 18.6 Å². The van der Waals surface area contributed by atoms with E-state index in [0.29, 0.717) is 16.8 Å². The van der Waals surface area contributed by atoms with Crippen LogP contribution < -0.4 is 10.1 Å². The van der Waals surface area contributed by atoms with Gasteiger partial charge in [0, 0.05) is 25.5 Å². The summed E-state index contributed by atoms with van der Waals surface area (Å²) in [5, 5.41) is 14.8. The Morgan fingerprint density at radius 2 is 2.21 bits per heavy atom. The molecule has 0 saturated heterocycles. The highest BCUT2D eigenvalue weighted by Crippen LogP contribution is 2.22. The molecule has 1 amide bonds. The number of hydrogen-bond acceptors (Lipinski definition) is 8. The number of tetrazole rings is 1. The predicted octanol–water partition coefficient (Wildman–Crippen LogP) is 0.599. The number of carbonyl (C=O) groups is 1. The van der Waals surface area contributed by atoms with Crippen molar-refractivity contribution in [1.29, 1.82) is 0 Å². The minimum Gasteiger partial charge on any atom is -0.473 e. The summed E-state index contributed by atoms with van der Waals surface area (Å²) in [6, 6.07) is 0.192. The summed E-state index contributed by atoms with van der Waals surface area (Å²) in [5.41, 5.74) is 0. The van der Waals surface area contributed by atoms with E-state index >= 15 is 0 Å². The summed E-state index contributed by atoms with van der Waals surface area (Å²) >= 11 is 1.33. The van der Waals surface area contributed by atoms with Crippen LogP contribution in [0, 0.1) is 0 Å². The number of aromatic nitrogens is 6.